The van der Waals surface area contributed by atoms with Crippen molar-refractivity contribution < 1.29 is 14.3 Å². The Morgan fingerprint density at radius 2 is 1.93 bits per heavy atom. The summed E-state index contributed by atoms with van der Waals surface area (Å²) in [4.78, 5) is 22.1. The molecule has 0 saturated carbocycles. The van der Waals surface area contributed by atoms with E-state index in [-0.39, 0.29) is 30.8 Å². The number of carbonyl (C=O) groups excluding carboxylic acids is 2. The van der Waals surface area contributed by atoms with Crippen molar-refractivity contribution in [2.45, 2.75) is 46.1 Å². The normalized spacial score (nSPS) is 10.0. The van der Waals surface area contributed by atoms with Crippen LogP contribution in [-0.2, 0) is 14.3 Å². The highest BCUT2D eigenvalue weighted by atomic mass is 16.5. The molecule has 0 radical (unpaired) electrons. The zero-order valence-electron chi connectivity index (χ0n) is 9.13. The van der Waals surface area contributed by atoms with Crippen molar-refractivity contribution in [3.05, 3.63) is 0 Å². The quantitative estimate of drug-likeness (QED) is 0.658. The van der Waals surface area contributed by atoms with Gasteiger partial charge < -0.3 is 10.1 Å². The Morgan fingerprint density at radius 3 is 2.43 bits per heavy atom. The minimum atomic E-state index is -0.313. The van der Waals surface area contributed by atoms with Gasteiger partial charge in [-0.2, -0.15) is 0 Å². The maximum absolute atomic E-state index is 11.1. The van der Waals surface area contributed by atoms with Gasteiger partial charge in [0.1, 0.15) is 0 Å². The molecule has 0 fully saturated rings. The largest absolute Gasteiger partial charge is 0.463 e. The minimum absolute atomic E-state index is 0.0902. The molecule has 0 heterocycles. The number of esters is 1. The molecule has 14 heavy (non-hydrogen) atoms. The SMILES string of the molecule is CCCNC(=O)CCC(=O)OC(C)C. The second kappa shape index (κ2) is 7.35. The number of carbonyl (C=O) groups is 2. The third-order valence-corrected chi connectivity index (χ3v) is 1.50. The van der Waals surface area contributed by atoms with Gasteiger partial charge in [0.2, 0.25) is 5.91 Å². The zero-order chi connectivity index (χ0) is 11.0. The Balaban J connectivity index is 3.51. The van der Waals surface area contributed by atoms with Gasteiger partial charge in [-0.25, -0.2) is 0 Å². The fraction of sp³-hybridized carbons (Fsp3) is 0.800. The molecule has 0 aromatic rings. The number of rotatable bonds is 6. The highest BCUT2D eigenvalue weighted by Gasteiger charge is 2.08. The smallest absolute Gasteiger partial charge is 0.306 e. The monoisotopic (exact) mass is 201 g/mol. The molecule has 0 rings (SSSR count). The van der Waals surface area contributed by atoms with Gasteiger partial charge in [0.15, 0.2) is 0 Å². The molecule has 0 aliphatic carbocycles. The summed E-state index contributed by atoms with van der Waals surface area (Å²) in [6.07, 6.45) is 1.17. The summed E-state index contributed by atoms with van der Waals surface area (Å²) >= 11 is 0. The van der Waals surface area contributed by atoms with Crippen LogP contribution in [0.1, 0.15) is 40.0 Å². The van der Waals surface area contributed by atoms with Gasteiger partial charge in [0.25, 0.3) is 0 Å². The van der Waals surface area contributed by atoms with Gasteiger partial charge in [-0.3, -0.25) is 9.59 Å². The second-order valence-corrected chi connectivity index (χ2v) is 3.39. The first-order valence-electron chi connectivity index (χ1n) is 5.02. The standard InChI is InChI=1S/C10H19NO3/c1-4-7-11-9(12)5-6-10(13)14-8(2)3/h8H,4-7H2,1-3H3,(H,11,12). The lowest BCUT2D eigenvalue weighted by atomic mass is 10.3. The molecule has 4 nitrogen and oxygen atoms in total. The molecule has 0 spiro atoms. The van der Waals surface area contributed by atoms with Crippen LogP contribution in [0.5, 0.6) is 0 Å². The van der Waals surface area contributed by atoms with E-state index >= 15 is 0 Å². The van der Waals surface area contributed by atoms with Crippen LogP contribution in [0.4, 0.5) is 0 Å². The molecule has 1 amide bonds. The number of nitrogens with one attached hydrogen (secondary N) is 1. The number of amides is 1. The van der Waals surface area contributed by atoms with E-state index in [1.165, 1.54) is 0 Å². The molecule has 4 heteroatoms. The Hall–Kier alpha value is -1.06. The lowest BCUT2D eigenvalue weighted by Gasteiger charge is -2.07. The Bertz CT molecular complexity index is 190. The van der Waals surface area contributed by atoms with Crippen LogP contribution in [0.25, 0.3) is 0 Å². The maximum Gasteiger partial charge on any atom is 0.306 e. The lowest BCUT2D eigenvalue weighted by molar-refractivity contribution is -0.148. The average Bonchev–Trinajstić information content (AvgIpc) is 2.10. The number of hydrogen-bond acceptors (Lipinski definition) is 3. The molecular weight excluding hydrogens is 182 g/mol. The fourth-order valence-corrected chi connectivity index (χ4v) is 0.890. The van der Waals surface area contributed by atoms with Gasteiger partial charge in [0.05, 0.1) is 12.5 Å². The summed E-state index contributed by atoms with van der Waals surface area (Å²) in [7, 11) is 0. The summed E-state index contributed by atoms with van der Waals surface area (Å²) in [6, 6.07) is 0. The van der Waals surface area contributed by atoms with E-state index in [9.17, 15) is 9.59 Å². The third-order valence-electron chi connectivity index (χ3n) is 1.50. The molecule has 0 aromatic carbocycles. The van der Waals surface area contributed by atoms with Crippen molar-refractivity contribution >= 4 is 11.9 Å². The fourth-order valence-electron chi connectivity index (χ4n) is 0.890. The van der Waals surface area contributed by atoms with Gasteiger partial charge in [-0.1, -0.05) is 6.92 Å². The molecule has 0 unspecified atom stereocenters. The minimum Gasteiger partial charge on any atom is -0.463 e. The molecule has 0 aliphatic rings. The third kappa shape index (κ3) is 7.58. The summed E-state index contributed by atoms with van der Waals surface area (Å²) < 4.78 is 4.89. The number of hydrogen-bond donors (Lipinski definition) is 1. The Kier molecular flexibility index (Phi) is 6.80. The first kappa shape index (κ1) is 12.9. The Labute approximate surface area is 85.0 Å². The van der Waals surface area contributed by atoms with Gasteiger partial charge in [-0.05, 0) is 20.3 Å². The highest BCUT2D eigenvalue weighted by Crippen LogP contribution is 1.96. The van der Waals surface area contributed by atoms with E-state index in [2.05, 4.69) is 5.32 Å². The maximum atomic E-state index is 11.1. The summed E-state index contributed by atoms with van der Waals surface area (Å²) in [5.74, 6) is -0.404. The molecule has 0 bridgehead atoms. The summed E-state index contributed by atoms with van der Waals surface area (Å²) in [5.41, 5.74) is 0. The predicted octanol–water partition coefficient (Wildman–Crippen LogP) is 1.24. The molecule has 0 atom stereocenters. The van der Waals surface area contributed by atoms with Crippen molar-refractivity contribution in [3.8, 4) is 0 Å². The predicted molar refractivity (Wildman–Crippen MR) is 53.8 cm³/mol. The average molecular weight is 201 g/mol. The van der Waals surface area contributed by atoms with Crippen LogP contribution < -0.4 is 5.32 Å². The Morgan fingerprint density at radius 1 is 1.29 bits per heavy atom. The van der Waals surface area contributed by atoms with E-state index in [0.29, 0.717) is 6.54 Å². The van der Waals surface area contributed by atoms with Gasteiger partial charge in [0, 0.05) is 13.0 Å². The van der Waals surface area contributed by atoms with Gasteiger partial charge in [-0.15, -0.1) is 0 Å². The van der Waals surface area contributed by atoms with E-state index in [1.807, 2.05) is 6.92 Å². The molecule has 0 aromatic heterocycles. The van der Waals surface area contributed by atoms with Gasteiger partial charge >= 0.3 is 5.97 Å². The summed E-state index contributed by atoms with van der Waals surface area (Å²) in [5, 5.41) is 2.69. The van der Waals surface area contributed by atoms with Crippen molar-refractivity contribution in [2.24, 2.45) is 0 Å². The van der Waals surface area contributed by atoms with Crippen molar-refractivity contribution in [1.82, 2.24) is 5.32 Å². The number of ether oxygens (including phenoxy) is 1. The summed E-state index contributed by atoms with van der Waals surface area (Å²) in [6.45, 7) is 6.22. The van der Waals surface area contributed by atoms with E-state index in [4.69, 9.17) is 4.74 Å². The highest BCUT2D eigenvalue weighted by molar-refractivity contribution is 5.81. The molecule has 1 N–H and O–H groups in total. The van der Waals surface area contributed by atoms with Crippen molar-refractivity contribution in [2.75, 3.05) is 6.54 Å². The second-order valence-electron chi connectivity index (χ2n) is 3.39. The lowest BCUT2D eigenvalue weighted by Crippen LogP contribution is -2.25. The molecule has 82 valence electrons. The molecule has 0 saturated heterocycles. The molecule has 0 aliphatic heterocycles. The van der Waals surface area contributed by atoms with E-state index < -0.39 is 0 Å². The zero-order valence-corrected chi connectivity index (χ0v) is 9.13. The van der Waals surface area contributed by atoms with Crippen LogP contribution in [0.3, 0.4) is 0 Å². The van der Waals surface area contributed by atoms with E-state index in [1.54, 1.807) is 13.8 Å². The van der Waals surface area contributed by atoms with Crippen molar-refractivity contribution in [1.29, 1.82) is 0 Å². The van der Waals surface area contributed by atoms with Crippen LogP contribution in [0, 0.1) is 0 Å². The van der Waals surface area contributed by atoms with Crippen LogP contribution in [-0.4, -0.2) is 24.5 Å². The van der Waals surface area contributed by atoms with Crippen LogP contribution in [0.2, 0.25) is 0 Å². The first-order chi connectivity index (χ1) is 6.56. The topological polar surface area (TPSA) is 55.4 Å². The van der Waals surface area contributed by atoms with Crippen LogP contribution >= 0.6 is 0 Å². The first-order valence-corrected chi connectivity index (χ1v) is 5.02. The van der Waals surface area contributed by atoms with E-state index in [0.717, 1.165) is 6.42 Å². The van der Waals surface area contributed by atoms with Crippen LogP contribution in [0.15, 0.2) is 0 Å². The van der Waals surface area contributed by atoms with Crippen molar-refractivity contribution in [3.63, 3.8) is 0 Å². The molecular formula is C10H19NO3.